The molecule has 0 heterocycles. The monoisotopic (exact) mass is 349 g/mol. The molecule has 0 bridgehead atoms. The molecule has 0 aliphatic rings. The molecule has 0 saturated heterocycles. The molecular weight excluding hydrogens is 330 g/mol. The first kappa shape index (κ1) is 17.3. The molecule has 5 nitrogen and oxygen atoms in total. The average Bonchev–Trinajstić information content (AvgIpc) is 2.08. The normalized spacial score (nSPS) is 13.9. The highest BCUT2D eigenvalue weighted by Crippen LogP contribution is 2.21. The highest BCUT2D eigenvalue weighted by molar-refractivity contribution is 9.09. The van der Waals surface area contributed by atoms with Crippen LogP contribution in [0.1, 0.15) is 26.7 Å². The SMILES string of the molecule is CC(C)(CCCBr)CNS(=O)(=O)CS(C)(=O)=O. The first-order chi connectivity index (χ1) is 7.47. The Hall–Kier alpha value is 0.340. The molecule has 0 spiro atoms. The largest absolute Gasteiger partial charge is 0.228 e. The summed E-state index contributed by atoms with van der Waals surface area (Å²) >= 11 is 3.31. The molecule has 0 rings (SSSR count). The van der Waals surface area contributed by atoms with Crippen LogP contribution in [0.2, 0.25) is 0 Å². The molecular formula is C9H20BrNO4S2. The number of hydrogen-bond acceptors (Lipinski definition) is 4. The molecule has 0 atom stereocenters. The van der Waals surface area contributed by atoms with Gasteiger partial charge >= 0.3 is 0 Å². The Morgan fingerprint density at radius 2 is 1.71 bits per heavy atom. The molecule has 0 aromatic rings. The van der Waals surface area contributed by atoms with Crippen molar-refractivity contribution in [2.24, 2.45) is 5.41 Å². The lowest BCUT2D eigenvalue weighted by Gasteiger charge is -2.24. The Labute approximate surface area is 112 Å². The molecule has 0 radical (unpaired) electrons. The van der Waals surface area contributed by atoms with Crippen LogP contribution in [-0.2, 0) is 19.9 Å². The molecule has 0 aliphatic carbocycles. The van der Waals surface area contributed by atoms with Crippen molar-refractivity contribution in [1.82, 2.24) is 4.72 Å². The number of halogens is 1. The van der Waals surface area contributed by atoms with Crippen molar-refractivity contribution in [3.05, 3.63) is 0 Å². The Morgan fingerprint density at radius 3 is 2.12 bits per heavy atom. The van der Waals surface area contributed by atoms with Crippen LogP contribution in [0.3, 0.4) is 0 Å². The van der Waals surface area contributed by atoms with E-state index in [4.69, 9.17) is 0 Å². The minimum absolute atomic E-state index is 0.182. The predicted octanol–water partition coefficient (Wildman–Crippen LogP) is 1.11. The molecule has 0 saturated carbocycles. The van der Waals surface area contributed by atoms with E-state index in [9.17, 15) is 16.8 Å². The van der Waals surface area contributed by atoms with Gasteiger partial charge in [0.2, 0.25) is 10.0 Å². The number of rotatable bonds is 8. The van der Waals surface area contributed by atoms with Gasteiger partial charge in [-0.15, -0.1) is 0 Å². The van der Waals surface area contributed by atoms with Crippen molar-refractivity contribution in [3.63, 3.8) is 0 Å². The van der Waals surface area contributed by atoms with Gasteiger partial charge in [-0.2, -0.15) is 0 Å². The smallest absolute Gasteiger partial charge is 0.226 e. The van der Waals surface area contributed by atoms with E-state index in [1.807, 2.05) is 13.8 Å². The van der Waals surface area contributed by atoms with E-state index in [1.165, 1.54) is 0 Å². The molecule has 8 heteroatoms. The van der Waals surface area contributed by atoms with Crippen molar-refractivity contribution >= 4 is 35.8 Å². The van der Waals surface area contributed by atoms with Crippen LogP contribution >= 0.6 is 15.9 Å². The van der Waals surface area contributed by atoms with Gasteiger partial charge in [-0.05, 0) is 18.3 Å². The molecule has 0 aromatic heterocycles. The average molecular weight is 350 g/mol. The Balaban J connectivity index is 4.36. The minimum atomic E-state index is -3.75. The molecule has 0 aromatic carbocycles. The van der Waals surface area contributed by atoms with Gasteiger partial charge in [-0.25, -0.2) is 21.6 Å². The number of alkyl halides is 1. The lowest BCUT2D eigenvalue weighted by atomic mass is 9.88. The first-order valence-corrected chi connectivity index (χ1v) is 10.0. The Bertz CT molecular complexity index is 428. The zero-order valence-corrected chi connectivity index (χ0v) is 13.6. The van der Waals surface area contributed by atoms with E-state index < -0.39 is 24.9 Å². The van der Waals surface area contributed by atoms with Crippen molar-refractivity contribution in [2.45, 2.75) is 26.7 Å². The van der Waals surface area contributed by atoms with Gasteiger partial charge in [0.1, 0.15) is 0 Å². The third-order valence-electron chi connectivity index (χ3n) is 2.13. The minimum Gasteiger partial charge on any atom is -0.228 e. The van der Waals surface area contributed by atoms with E-state index >= 15 is 0 Å². The summed E-state index contributed by atoms with van der Waals surface area (Å²) < 4.78 is 47.1. The third-order valence-corrected chi connectivity index (χ3v) is 6.23. The fourth-order valence-electron chi connectivity index (χ4n) is 1.26. The van der Waals surface area contributed by atoms with Gasteiger partial charge in [0, 0.05) is 18.1 Å². The van der Waals surface area contributed by atoms with Crippen LogP contribution in [0.15, 0.2) is 0 Å². The van der Waals surface area contributed by atoms with Gasteiger partial charge < -0.3 is 0 Å². The summed E-state index contributed by atoms with van der Waals surface area (Å²) in [6, 6.07) is 0. The molecule has 0 amide bonds. The first-order valence-electron chi connectivity index (χ1n) is 5.18. The molecule has 0 aliphatic heterocycles. The second-order valence-corrected chi connectivity index (χ2v) is 10.0. The van der Waals surface area contributed by atoms with Crippen LogP contribution in [0.25, 0.3) is 0 Å². The molecule has 0 unspecified atom stereocenters. The fourth-order valence-corrected chi connectivity index (χ4v) is 4.74. The maximum absolute atomic E-state index is 11.5. The van der Waals surface area contributed by atoms with Gasteiger partial charge in [-0.3, -0.25) is 0 Å². The van der Waals surface area contributed by atoms with Crippen molar-refractivity contribution in [1.29, 1.82) is 0 Å². The maximum Gasteiger partial charge on any atom is 0.226 e. The van der Waals surface area contributed by atoms with Crippen LogP contribution in [0.4, 0.5) is 0 Å². The number of sulfonamides is 1. The van der Waals surface area contributed by atoms with Gasteiger partial charge in [0.25, 0.3) is 0 Å². The summed E-state index contributed by atoms with van der Waals surface area (Å²) in [5.41, 5.74) is -0.182. The standard InChI is InChI=1S/C9H20BrNO4S2/c1-9(2,5-4-6-10)7-11-17(14,15)8-16(3,12)13/h11H,4-8H2,1-3H3. The zero-order chi connectivity index (χ0) is 13.7. The van der Waals surface area contributed by atoms with E-state index in [-0.39, 0.29) is 12.0 Å². The van der Waals surface area contributed by atoms with Crippen LogP contribution < -0.4 is 4.72 Å². The summed E-state index contributed by atoms with van der Waals surface area (Å²) in [4.78, 5) is 0. The van der Waals surface area contributed by atoms with Crippen LogP contribution in [0.5, 0.6) is 0 Å². The number of hydrogen-bond donors (Lipinski definition) is 1. The Kier molecular flexibility index (Phi) is 6.62. The second-order valence-electron chi connectivity index (χ2n) is 4.94. The summed E-state index contributed by atoms with van der Waals surface area (Å²) in [5.74, 6) is 0. The summed E-state index contributed by atoms with van der Waals surface area (Å²) in [5, 5.41) is 0.0149. The van der Waals surface area contributed by atoms with Crippen LogP contribution in [0, 0.1) is 5.41 Å². The van der Waals surface area contributed by atoms with E-state index in [1.54, 1.807) is 0 Å². The third kappa shape index (κ3) is 9.99. The highest BCUT2D eigenvalue weighted by atomic mass is 79.9. The maximum atomic E-state index is 11.5. The molecule has 104 valence electrons. The van der Waals surface area contributed by atoms with Crippen LogP contribution in [-0.4, -0.2) is 40.1 Å². The number of nitrogens with one attached hydrogen (secondary N) is 1. The quantitative estimate of drug-likeness (QED) is 0.665. The van der Waals surface area contributed by atoms with Gasteiger partial charge in [-0.1, -0.05) is 29.8 Å². The lowest BCUT2D eigenvalue weighted by molar-refractivity contribution is 0.332. The summed E-state index contributed by atoms with van der Waals surface area (Å²) in [6.45, 7) is 4.13. The number of sulfone groups is 1. The van der Waals surface area contributed by atoms with Crippen molar-refractivity contribution in [2.75, 3.05) is 23.2 Å². The second kappa shape index (κ2) is 6.49. The highest BCUT2D eigenvalue weighted by Gasteiger charge is 2.23. The van der Waals surface area contributed by atoms with E-state index in [0.29, 0.717) is 0 Å². The van der Waals surface area contributed by atoms with E-state index in [2.05, 4.69) is 20.7 Å². The molecule has 1 N–H and O–H groups in total. The molecule has 0 fully saturated rings. The topological polar surface area (TPSA) is 80.3 Å². The van der Waals surface area contributed by atoms with Gasteiger partial charge in [0.05, 0.1) is 0 Å². The lowest BCUT2D eigenvalue weighted by Crippen LogP contribution is -2.37. The van der Waals surface area contributed by atoms with E-state index in [0.717, 1.165) is 24.4 Å². The Morgan fingerprint density at radius 1 is 1.18 bits per heavy atom. The predicted molar refractivity (Wildman–Crippen MR) is 73.4 cm³/mol. The fraction of sp³-hybridized carbons (Fsp3) is 1.00. The van der Waals surface area contributed by atoms with Gasteiger partial charge in [0.15, 0.2) is 14.9 Å². The summed E-state index contributed by atoms with van der Waals surface area (Å²) in [6.07, 6.45) is 2.71. The summed E-state index contributed by atoms with van der Waals surface area (Å²) in [7, 11) is -7.27. The van der Waals surface area contributed by atoms with Crippen molar-refractivity contribution < 1.29 is 16.8 Å². The van der Waals surface area contributed by atoms with Crippen molar-refractivity contribution in [3.8, 4) is 0 Å². The molecule has 17 heavy (non-hydrogen) atoms. The zero-order valence-electron chi connectivity index (χ0n) is 10.4.